The predicted molar refractivity (Wildman–Crippen MR) is 113 cm³/mol. The Morgan fingerprint density at radius 3 is 1.82 bits per heavy atom. The van der Waals surface area contributed by atoms with Crippen molar-refractivity contribution in [1.82, 2.24) is 0 Å². The molecule has 2 heterocycles. The molecular weight excluding hydrogens is 528 g/mol. The highest BCUT2D eigenvalue weighted by Crippen LogP contribution is 2.66. The quantitative estimate of drug-likeness (QED) is 0.193. The van der Waals surface area contributed by atoms with Gasteiger partial charge in [-0.15, -0.1) is 0 Å². The molecule has 2 aliphatic heterocycles. The van der Waals surface area contributed by atoms with Crippen molar-refractivity contribution in [3.63, 3.8) is 0 Å². The highest BCUT2D eigenvalue weighted by molar-refractivity contribution is 7.62. The van der Waals surface area contributed by atoms with E-state index in [1.807, 2.05) is 0 Å². The van der Waals surface area contributed by atoms with Crippen LogP contribution in [0, 0.1) is 0 Å². The molecule has 0 aromatic rings. The minimum atomic E-state index is -4.81. The summed E-state index contributed by atoms with van der Waals surface area (Å²) in [7, 11) is -8.33. The van der Waals surface area contributed by atoms with E-state index in [1.165, 1.54) is 14.8 Å². The van der Waals surface area contributed by atoms with Crippen molar-refractivity contribution in [2.24, 2.45) is 0 Å². The van der Waals surface area contributed by atoms with E-state index < -0.39 is 79.0 Å². The van der Waals surface area contributed by atoms with Gasteiger partial charge in [0, 0.05) is 28.4 Å². The van der Waals surface area contributed by atoms with Crippen LogP contribution in [0.4, 0.5) is 0 Å². The average molecular weight is 558 g/mol. The van der Waals surface area contributed by atoms with E-state index in [9.17, 15) is 29.0 Å². The van der Waals surface area contributed by atoms with Crippen molar-refractivity contribution in [3.8, 4) is 0 Å². The number of rotatable bonds is 13. The van der Waals surface area contributed by atoms with Gasteiger partial charge in [-0.05, 0) is 6.92 Å². The molecule has 0 aromatic carbocycles. The zero-order valence-corrected chi connectivity index (χ0v) is 22.0. The molecule has 200 valence electrons. The third-order valence-electron chi connectivity index (χ3n) is 5.01. The van der Waals surface area contributed by atoms with Crippen LogP contribution < -0.4 is 0 Å². The third kappa shape index (κ3) is 7.17. The van der Waals surface area contributed by atoms with Crippen LogP contribution in [0.3, 0.4) is 0 Å². The highest BCUT2D eigenvalue weighted by Gasteiger charge is 2.52. The van der Waals surface area contributed by atoms with Crippen molar-refractivity contribution in [2.45, 2.75) is 55.8 Å². The standard InChI is InChI=1S/C14H30BO16P3/c1-7-9(16)10(17)8(27-7)6-26-33(20,24-4)31-34(21,25-5)30-14-12(11(18)13(15)28-14)29-32(19,22-2)23-3/h7-14,16-18H,6,15H2,1-5H3. The molecule has 34 heavy (non-hydrogen) atoms. The van der Waals surface area contributed by atoms with Gasteiger partial charge in [0.1, 0.15) is 38.4 Å². The average Bonchev–Trinajstić information content (AvgIpc) is 3.21. The van der Waals surface area contributed by atoms with Crippen molar-refractivity contribution >= 4 is 31.3 Å². The monoisotopic (exact) mass is 558 g/mol. The van der Waals surface area contributed by atoms with E-state index >= 15 is 0 Å². The second-order valence-electron chi connectivity index (χ2n) is 7.19. The number of hydrogen-bond donors (Lipinski definition) is 3. The second kappa shape index (κ2) is 12.2. The van der Waals surface area contributed by atoms with E-state index in [0.29, 0.717) is 0 Å². The summed E-state index contributed by atoms with van der Waals surface area (Å²) >= 11 is 0. The minimum absolute atomic E-state index is 0.580. The molecule has 2 rings (SSSR count). The lowest BCUT2D eigenvalue weighted by molar-refractivity contribution is -0.109. The van der Waals surface area contributed by atoms with Crippen molar-refractivity contribution in [2.75, 3.05) is 35.0 Å². The Morgan fingerprint density at radius 2 is 1.35 bits per heavy atom. The van der Waals surface area contributed by atoms with Gasteiger partial charge in [0.2, 0.25) is 0 Å². The molecule has 16 nitrogen and oxygen atoms in total. The summed E-state index contributed by atoms with van der Waals surface area (Å²) in [5.74, 6) is 0. The Morgan fingerprint density at radius 1 is 0.794 bits per heavy atom. The first kappa shape index (κ1) is 30.5. The largest absolute Gasteiger partial charge is 0.485 e. The van der Waals surface area contributed by atoms with E-state index in [4.69, 9.17) is 36.4 Å². The number of phosphoric acid groups is 3. The lowest BCUT2D eigenvalue weighted by atomic mass is 9.94. The van der Waals surface area contributed by atoms with Gasteiger partial charge in [0.25, 0.3) is 0 Å². The van der Waals surface area contributed by atoms with Gasteiger partial charge in [-0.25, -0.2) is 13.7 Å². The van der Waals surface area contributed by atoms with Crippen LogP contribution >= 0.6 is 23.5 Å². The normalized spacial score (nSPS) is 38.0. The fourth-order valence-electron chi connectivity index (χ4n) is 3.00. The Balaban J connectivity index is 2.13. The third-order valence-corrected chi connectivity index (χ3v) is 9.83. The number of aliphatic hydroxyl groups excluding tert-OH is 3. The van der Waals surface area contributed by atoms with Crippen LogP contribution in [-0.2, 0) is 59.1 Å². The molecule has 0 radical (unpaired) electrons. The summed E-state index contributed by atoms with van der Waals surface area (Å²) in [6, 6.07) is -0.956. The summed E-state index contributed by atoms with van der Waals surface area (Å²) < 4.78 is 88.0. The van der Waals surface area contributed by atoms with Crippen molar-refractivity contribution in [3.05, 3.63) is 0 Å². The van der Waals surface area contributed by atoms with E-state index in [-0.39, 0.29) is 0 Å². The molecule has 2 saturated heterocycles. The lowest BCUT2D eigenvalue weighted by Gasteiger charge is -2.27. The van der Waals surface area contributed by atoms with Crippen LogP contribution in [0.15, 0.2) is 0 Å². The summed E-state index contributed by atoms with van der Waals surface area (Å²) in [6.45, 7) is 0.929. The highest BCUT2D eigenvalue weighted by atomic mass is 31.3. The van der Waals surface area contributed by atoms with Crippen LogP contribution in [0.25, 0.3) is 0 Å². The molecule has 0 spiro atoms. The van der Waals surface area contributed by atoms with E-state index in [2.05, 4.69) is 9.05 Å². The fourth-order valence-corrected chi connectivity index (χ4v) is 6.64. The number of phosphoric ester groups is 3. The van der Waals surface area contributed by atoms with E-state index in [1.54, 1.807) is 0 Å². The molecule has 0 saturated carbocycles. The molecule has 0 aliphatic carbocycles. The second-order valence-corrected chi connectivity index (χ2v) is 12.7. The lowest BCUT2D eigenvalue weighted by Crippen LogP contribution is -2.36. The van der Waals surface area contributed by atoms with Gasteiger partial charge in [-0.1, -0.05) is 0 Å². The minimum Gasteiger partial charge on any atom is -0.388 e. The van der Waals surface area contributed by atoms with Gasteiger partial charge in [0.15, 0.2) is 6.29 Å². The molecule has 0 bridgehead atoms. The SMILES string of the molecule is BC1OC(OP(=O)(OC)OP(=O)(OC)OCC2OC(C)C(O)C2O)C(OP(=O)(OC)OC)C1O. The van der Waals surface area contributed by atoms with Gasteiger partial charge in [-0.2, -0.15) is 4.31 Å². The number of ether oxygens (including phenoxy) is 2. The molecule has 2 fully saturated rings. The first-order valence-electron chi connectivity index (χ1n) is 9.86. The smallest absolute Gasteiger partial charge is 0.388 e. The van der Waals surface area contributed by atoms with E-state index in [0.717, 1.165) is 28.4 Å². The van der Waals surface area contributed by atoms with Crippen LogP contribution in [0.2, 0.25) is 0 Å². The summed E-state index contributed by atoms with van der Waals surface area (Å²) in [6.07, 6.45) is -9.07. The Kier molecular flexibility index (Phi) is 10.9. The Labute approximate surface area is 197 Å². The Hall–Kier alpha value is 0.235. The number of hydrogen-bond acceptors (Lipinski definition) is 16. The molecule has 2 aliphatic rings. The van der Waals surface area contributed by atoms with Gasteiger partial charge in [0.05, 0.1) is 18.7 Å². The number of aliphatic hydroxyl groups is 3. The maximum atomic E-state index is 13.1. The molecule has 0 aromatic heterocycles. The molecular formula is C14H30BO16P3. The Bertz CT molecular complexity index is 808. The van der Waals surface area contributed by atoms with Crippen molar-refractivity contribution < 1.29 is 74.5 Å². The van der Waals surface area contributed by atoms with Crippen molar-refractivity contribution in [1.29, 1.82) is 0 Å². The first-order chi connectivity index (χ1) is 15.8. The topological polar surface area (TPSA) is 204 Å². The van der Waals surface area contributed by atoms with Gasteiger partial charge < -0.3 is 24.8 Å². The molecule has 20 heteroatoms. The maximum absolute atomic E-state index is 13.1. The van der Waals surface area contributed by atoms with Crippen LogP contribution in [-0.4, -0.2) is 107 Å². The van der Waals surface area contributed by atoms with Crippen LogP contribution in [0.1, 0.15) is 6.92 Å². The maximum Gasteiger partial charge on any atom is 0.485 e. The molecule has 0 amide bonds. The summed E-state index contributed by atoms with van der Waals surface area (Å²) in [5, 5.41) is 30.0. The first-order valence-corrected chi connectivity index (χ1v) is 14.2. The molecule has 3 N–H and O–H groups in total. The molecule has 10 atom stereocenters. The fraction of sp³-hybridized carbons (Fsp3) is 1.00. The summed E-state index contributed by atoms with van der Waals surface area (Å²) in [5.41, 5.74) is 0. The predicted octanol–water partition coefficient (Wildman–Crippen LogP) is -0.483. The molecule has 10 unspecified atom stereocenters. The van der Waals surface area contributed by atoms with Gasteiger partial charge >= 0.3 is 23.5 Å². The van der Waals surface area contributed by atoms with Crippen LogP contribution in [0.5, 0.6) is 0 Å². The van der Waals surface area contributed by atoms with Gasteiger partial charge in [-0.3, -0.25) is 31.7 Å². The zero-order valence-electron chi connectivity index (χ0n) is 19.3. The summed E-state index contributed by atoms with van der Waals surface area (Å²) in [4.78, 5) is 0. The zero-order chi connectivity index (χ0) is 25.9.